The minimum absolute atomic E-state index is 0.162. The number of benzene rings is 2. The van der Waals surface area contributed by atoms with Crippen molar-refractivity contribution in [3.63, 3.8) is 0 Å². The summed E-state index contributed by atoms with van der Waals surface area (Å²) in [5.74, 6) is 0. The number of hydrogen-bond donors (Lipinski definition) is 0. The van der Waals surface area contributed by atoms with Crippen LogP contribution in [0.3, 0.4) is 0 Å². The van der Waals surface area contributed by atoms with Gasteiger partial charge in [0.2, 0.25) is 0 Å². The van der Waals surface area contributed by atoms with Crippen LogP contribution in [0.1, 0.15) is 29.8 Å². The number of hydrogen-bond acceptors (Lipinski definition) is 5. The number of aromatic nitrogens is 1. The van der Waals surface area contributed by atoms with Gasteiger partial charge in [-0.3, -0.25) is 10.1 Å². The van der Waals surface area contributed by atoms with E-state index in [4.69, 9.17) is 11.6 Å². The molecular weight excluding hydrogens is 406 g/mol. The van der Waals surface area contributed by atoms with Gasteiger partial charge in [-0.2, -0.15) is 0 Å². The molecule has 1 aliphatic rings. The third kappa shape index (κ3) is 4.66. The number of piperidine rings is 1. The normalized spacial score (nSPS) is 14.4. The fourth-order valence-corrected chi connectivity index (χ4v) is 4.32. The van der Waals surface area contributed by atoms with Crippen molar-refractivity contribution in [2.75, 3.05) is 18.0 Å². The zero-order valence-corrected chi connectivity index (χ0v) is 17.3. The molecule has 0 atom stereocenters. The lowest BCUT2D eigenvalue weighted by Crippen LogP contribution is -2.29. The van der Waals surface area contributed by atoms with Gasteiger partial charge in [0.15, 0.2) is 0 Å². The van der Waals surface area contributed by atoms with Gasteiger partial charge in [-0.15, -0.1) is 11.3 Å². The van der Waals surface area contributed by atoms with Crippen molar-refractivity contribution < 1.29 is 4.92 Å². The van der Waals surface area contributed by atoms with Crippen molar-refractivity contribution in [1.29, 1.82) is 0 Å². The van der Waals surface area contributed by atoms with Gasteiger partial charge in [0.05, 0.1) is 10.6 Å². The largest absolute Gasteiger partial charge is 0.366 e. The average molecular weight is 426 g/mol. The summed E-state index contributed by atoms with van der Waals surface area (Å²) in [5.41, 5.74) is 3.56. The fraction of sp³-hybridized carbons (Fsp3) is 0.227. The molecule has 3 aromatic rings. The SMILES string of the molecule is O=[N+]([O-])c1cc(/C=C/c2nc(-c3ccc(Cl)cc3)cs2)ccc1N1CCCCC1. The highest BCUT2D eigenvalue weighted by Gasteiger charge is 2.21. The molecule has 0 radical (unpaired) electrons. The second kappa shape index (κ2) is 8.76. The Bertz CT molecular complexity index is 1040. The summed E-state index contributed by atoms with van der Waals surface area (Å²) in [6.45, 7) is 1.76. The van der Waals surface area contributed by atoms with E-state index in [0.29, 0.717) is 10.7 Å². The molecule has 0 aliphatic carbocycles. The Hall–Kier alpha value is -2.70. The van der Waals surface area contributed by atoms with E-state index >= 15 is 0 Å². The highest BCUT2D eigenvalue weighted by atomic mass is 35.5. The Morgan fingerprint density at radius 2 is 1.83 bits per heavy atom. The lowest BCUT2D eigenvalue weighted by Gasteiger charge is -2.28. The van der Waals surface area contributed by atoms with E-state index in [9.17, 15) is 10.1 Å². The lowest BCUT2D eigenvalue weighted by atomic mass is 10.1. The third-order valence-electron chi connectivity index (χ3n) is 4.97. The van der Waals surface area contributed by atoms with Gasteiger partial charge in [0.25, 0.3) is 5.69 Å². The topological polar surface area (TPSA) is 59.3 Å². The standard InChI is InChI=1S/C22H20ClN3O2S/c23-18-8-6-17(7-9-18)19-15-29-22(24-19)11-5-16-4-10-20(21(14-16)26(27)28)25-12-2-1-3-13-25/h4-11,14-15H,1-3,12-13H2/b11-5+. The van der Waals surface area contributed by atoms with Crippen molar-refractivity contribution in [3.8, 4) is 11.3 Å². The van der Waals surface area contributed by atoms with E-state index in [1.54, 1.807) is 6.07 Å². The zero-order chi connectivity index (χ0) is 20.2. The van der Waals surface area contributed by atoms with Gasteiger partial charge < -0.3 is 4.90 Å². The monoisotopic (exact) mass is 425 g/mol. The maximum atomic E-state index is 11.6. The summed E-state index contributed by atoms with van der Waals surface area (Å²) in [4.78, 5) is 18.1. The summed E-state index contributed by atoms with van der Waals surface area (Å²) >= 11 is 7.47. The molecule has 2 heterocycles. The quantitative estimate of drug-likeness (QED) is 0.344. The second-order valence-electron chi connectivity index (χ2n) is 6.96. The lowest BCUT2D eigenvalue weighted by molar-refractivity contribution is -0.384. The van der Waals surface area contributed by atoms with E-state index in [1.165, 1.54) is 17.8 Å². The Kier molecular flexibility index (Phi) is 5.92. The number of nitrogens with zero attached hydrogens (tertiary/aromatic N) is 3. The van der Waals surface area contributed by atoms with Crippen LogP contribution in [-0.2, 0) is 0 Å². The van der Waals surface area contributed by atoms with Gasteiger partial charge in [-0.25, -0.2) is 4.98 Å². The van der Waals surface area contributed by atoms with Crippen molar-refractivity contribution in [1.82, 2.24) is 4.98 Å². The zero-order valence-electron chi connectivity index (χ0n) is 15.8. The molecule has 7 heteroatoms. The molecule has 0 N–H and O–H groups in total. The molecule has 148 valence electrons. The van der Waals surface area contributed by atoms with Gasteiger partial charge >= 0.3 is 0 Å². The predicted molar refractivity (Wildman–Crippen MR) is 121 cm³/mol. The number of nitro benzene ring substituents is 1. The summed E-state index contributed by atoms with van der Waals surface area (Å²) in [6, 6.07) is 13.0. The minimum Gasteiger partial charge on any atom is -0.366 e. The second-order valence-corrected chi connectivity index (χ2v) is 8.29. The van der Waals surface area contributed by atoms with E-state index in [2.05, 4.69) is 9.88 Å². The average Bonchev–Trinajstić information content (AvgIpc) is 3.22. The van der Waals surface area contributed by atoms with E-state index in [1.807, 2.05) is 53.9 Å². The maximum absolute atomic E-state index is 11.6. The molecule has 4 rings (SSSR count). The molecule has 0 bridgehead atoms. The highest BCUT2D eigenvalue weighted by Crippen LogP contribution is 2.32. The van der Waals surface area contributed by atoms with Crippen molar-refractivity contribution in [3.05, 3.63) is 73.6 Å². The van der Waals surface area contributed by atoms with E-state index in [0.717, 1.165) is 47.8 Å². The number of thiazole rings is 1. The van der Waals surface area contributed by atoms with Crippen molar-refractivity contribution >= 4 is 46.5 Å². The van der Waals surface area contributed by atoms with Gasteiger partial charge in [-0.1, -0.05) is 35.9 Å². The Morgan fingerprint density at radius 3 is 2.55 bits per heavy atom. The van der Waals surface area contributed by atoms with Crippen LogP contribution in [0.5, 0.6) is 0 Å². The van der Waals surface area contributed by atoms with Gasteiger partial charge in [0.1, 0.15) is 10.7 Å². The maximum Gasteiger partial charge on any atom is 0.293 e. The van der Waals surface area contributed by atoms with Gasteiger partial charge in [-0.05, 0) is 49.1 Å². The molecule has 0 unspecified atom stereocenters. The van der Waals surface area contributed by atoms with Crippen molar-refractivity contribution in [2.24, 2.45) is 0 Å². The molecular formula is C22H20ClN3O2S. The molecule has 29 heavy (non-hydrogen) atoms. The Labute approximate surface area is 178 Å². The fourth-order valence-electron chi connectivity index (χ4n) is 3.48. The molecule has 5 nitrogen and oxygen atoms in total. The first-order valence-corrected chi connectivity index (χ1v) is 10.8. The van der Waals surface area contributed by atoms with Crippen LogP contribution in [0.2, 0.25) is 5.02 Å². The molecule has 0 spiro atoms. The smallest absolute Gasteiger partial charge is 0.293 e. The number of anilines is 1. The summed E-state index contributed by atoms with van der Waals surface area (Å²) in [5, 5.41) is 15.1. The predicted octanol–water partition coefficient (Wildman–Crippen LogP) is 6.53. The number of rotatable bonds is 5. The number of nitro groups is 1. The third-order valence-corrected chi connectivity index (χ3v) is 6.04. The molecule has 2 aromatic carbocycles. The van der Waals surface area contributed by atoms with Crippen LogP contribution in [0.15, 0.2) is 47.8 Å². The molecule has 1 aliphatic heterocycles. The van der Waals surface area contributed by atoms with Crippen LogP contribution >= 0.6 is 22.9 Å². The highest BCUT2D eigenvalue weighted by molar-refractivity contribution is 7.10. The van der Waals surface area contributed by atoms with E-state index in [-0.39, 0.29) is 10.6 Å². The Morgan fingerprint density at radius 1 is 1.07 bits per heavy atom. The van der Waals surface area contributed by atoms with E-state index < -0.39 is 0 Å². The van der Waals surface area contributed by atoms with Crippen LogP contribution in [-0.4, -0.2) is 23.0 Å². The molecule has 1 aromatic heterocycles. The van der Waals surface area contributed by atoms with Crippen LogP contribution in [0.4, 0.5) is 11.4 Å². The molecule has 0 saturated carbocycles. The minimum atomic E-state index is -0.288. The summed E-state index contributed by atoms with van der Waals surface area (Å²) in [7, 11) is 0. The first-order valence-electron chi connectivity index (χ1n) is 9.53. The first-order chi connectivity index (χ1) is 14.1. The summed E-state index contributed by atoms with van der Waals surface area (Å²) in [6.07, 6.45) is 7.12. The number of halogens is 1. The van der Waals surface area contributed by atoms with Crippen LogP contribution in [0.25, 0.3) is 23.4 Å². The molecule has 1 fully saturated rings. The first kappa shape index (κ1) is 19.6. The summed E-state index contributed by atoms with van der Waals surface area (Å²) < 4.78 is 0. The molecule has 1 saturated heterocycles. The molecule has 0 amide bonds. The van der Waals surface area contributed by atoms with Crippen LogP contribution < -0.4 is 4.90 Å². The Balaban J connectivity index is 1.54. The van der Waals surface area contributed by atoms with Crippen LogP contribution in [0, 0.1) is 10.1 Å². The van der Waals surface area contributed by atoms with Gasteiger partial charge in [0, 0.05) is 35.1 Å². The van der Waals surface area contributed by atoms with Crippen molar-refractivity contribution in [2.45, 2.75) is 19.3 Å².